The average Bonchev–Trinajstić information content (AvgIpc) is 2.04. The van der Waals surface area contributed by atoms with E-state index in [1.807, 2.05) is 6.92 Å². The first-order valence-corrected chi connectivity index (χ1v) is 4.90. The van der Waals surface area contributed by atoms with E-state index in [-0.39, 0.29) is 5.92 Å². The van der Waals surface area contributed by atoms with Crippen LogP contribution in [0.4, 0.5) is 0 Å². The minimum absolute atomic E-state index is 0.0509. The van der Waals surface area contributed by atoms with Crippen LogP contribution < -0.4 is 5.73 Å². The Morgan fingerprint density at radius 2 is 1.92 bits per heavy atom. The van der Waals surface area contributed by atoms with Crippen molar-refractivity contribution in [2.24, 2.45) is 17.6 Å². The fraction of sp³-hybridized carbons (Fsp3) is 0.900. The standard InChI is InChI=1S/C10H21NO2/c1-5-7(3)8(6-2)10(4,11)9(12)13/h7-8H,5-6,11H2,1-4H3,(H,12,13). The second-order valence-electron chi connectivity index (χ2n) is 3.99. The van der Waals surface area contributed by atoms with Gasteiger partial charge in [0.05, 0.1) is 0 Å². The maximum Gasteiger partial charge on any atom is 0.323 e. The zero-order valence-corrected chi connectivity index (χ0v) is 9.00. The highest BCUT2D eigenvalue weighted by atomic mass is 16.4. The SMILES string of the molecule is CCC(C)C(CC)C(C)(N)C(=O)O. The van der Waals surface area contributed by atoms with Gasteiger partial charge in [0.15, 0.2) is 0 Å². The molecule has 0 radical (unpaired) electrons. The Kier molecular flexibility index (Phi) is 4.40. The van der Waals surface area contributed by atoms with E-state index in [2.05, 4.69) is 13.8 Å². The number of aliphatic carboxylic acids is 1. The molecule has 0 aliphatic rings. The highest BCUT2D eigenvalue weighted by Gasteiger charge is 2.38. The normalized spacial score (nSPS) is 20.4. The molecule has 0 saturated carbocycles. The van der Waals surface area contributed by atoms with Crippen molar-refractivity contribution in [2.45, 2.75) is 46.1 Å². The van der Waals surface area contributed by atoms with Gasteiger partial charge in [-0.3, -0.25) is 4.79 Å². The van der Waals surface area contributed by atoms with Crippen molar-refractivity contribution < 1.29 is 9.90 Å². The lowest BCUT2D eigenvalue weighted by atomic mass is 9.75. The van der Waals surface area contributed by atoms with Gasteiger partial charge in [-0.05, 0) is 18.8 Å². The summed E-state index contributed by atoms with van der Waals surface area (Å²) < 4.78 is 0. The first-order valence-electron chi connectivity index (χ1n) is 4.90. The summed E-state index contributed by atoms with van der Waals surface area (Å²) in [6, 6.07) is 0. The fourth-order valence-electron chi connectivity index (χ4n) is 1.86. The third kappa shape index (κ3) is 2.69. The largest absolute Gasteiger partial charge is 0.480 e. The Morgan fingerprint density at radius 3 is 2.15 bits per heavy atom. The average molecular weight is 187 g/mol. The molecule has 0 aromatic rings. The fourth-order valence-corrected chi connectivity index (χ4v) is 1.86. The van der Waals surface area contributed by atoms with Crippen molar-refractivity contribution in [2.75, 3.05) is 0 Å². The Labute approximate surface area is 80.3 Å². The van der Waals surface area contributed by atoms with Crippen LogP contribution in [0, 0.1) is 11.8 Å². The van der Waals surface area contributed by atoms with E-state index in [9.17, 15) is 4.79 Å². The first kappa shape index (κ1) is 12.4. The molecule has 3 N–H and O–H groups in total. The molecule has 0 amide bonds. The van der Waals surface area contributed by atoms with Gasteiger partial charge in [0.1, 0.15) is 5.54 Å². The molecule has 0 bridgehead atoms. The van der Waals surface area contributed by atoms with Crippen molar-refractivity contribution in [1.82, 2.24) is 0 Å². The highest BCUT2D eigenvalue weighted by Crippen LogP contribution is 2.28. The number of carboxylic acids is 1. The van der Waals surface area contributed by atoms with Gasteiger partial charge in [0.2, 0.25) is 0 Å². The molecule has 3 unspecified atom stereocenters. The lowest BCUT2D eigenvalue weighted by Gasteiger charge is -2.33. The number of nitrogens with two attached hydrogens (primary N) is 1. The van der Waals surface area contributed by atoms with Crippen LogP contribution in [0.25, 0.3) is 0 Å². The van der Waals surface area contributed by atoms with E-state index in [0.29, 0.717) is 5.92 Å². The van der Waals surface area contributed by atoms with Gasteiger partial charge in [0.25, 0.3) is 0 Å². The third-order valence-electron chi connectivity index (χ3n) is 3.00. The minimum Gasteiger partial charge on any atom is -0.480 e. The monoisotopic (exact) mass is 187 g/mol. The second-order valence-corrected chi connectivity index (χ2v) is 3.99. The molecule has 3 nitrogen and oxygen atoms in total. The van der Waals surface area contributed by atoms with E-state index in [1.54, 1.807) is 6.92 Å². The lowest BCUT2D eigenvalue weighted by Crippen LogP contribution is -2.53. The van der Waals surface area contributed by atoms with Crippen LogP contribution in [0.15, 0.2) is 0 Å². The van der Waals surface area contributed by atoms with E-state index in [0.717, 1.165) is 12.8 Å². The lowest BCUT2D eigenvalue weighted by molar-refractivity contribution is -0.145. The number of carboxylic acid groups (broad SMARTS) is 1. The molecule has 78 valence electrons. The molecule has 0 heterocycles. The van der Waals surface area contributed by atoms with Crippen LogP contribution in [-0.2, 0) is 4.79 Å². The van der Waals surface area contributed by atoms with Crippen LogP contribution in [0.3, 0.4) is 0 Å². The molecule has 0 aromatic carbocycles. The molecule has 0 rings (SSSR count). The van der Waals surface area contributed by atoms with Crippen molar-refractivity contribution in [3.05, 3.63) is 0 Å². The third-order valence-corrected chi connectivity index (χ3v) is 3.00. The summed E-state index contributed by atoms with van der Waals surface area (Å²) >= 11 is 0. The summed E-state index contributed by atoms with van der Waals surface area (Å²) in [7, 11) is 0. The predicted molar refractivity (Wildman–Crippen MR) is 53.5 cm³/mol. The summed E-state index contributed by atoms with van der Waals surface area (Å²) in [6.07, 6.45) is 1.78. The number of carbonyl (C=O) groups is 1. The van der Waals surface area contributed by atoms with Crippen LogP contribution in [0.5, 0.6) is 0 Å². The maximum atomic E-state index is 10.9. The van der Waals surface area contributed by atoms with Crippen LogP contribution in [0.1, 0.15) is 40.5 Å². The van der Waals surface area contributed by atoms with E-state index >= 15 is 0 Å². The molecule has 0 aromatic heterocycles. The molecule has 13 heavy (non-hydrogen) atoms. The Morgan fingerprint density at radius 1 is 1.46 bits per heavy atom. The Bertz CT molecular complexity index is 178. The molecule has 0 saturated heterocycles. The van der Waals surface area contributed by atoms with Crippen molar-refractivity contribution in [3.63, 3.8) is 0 Å². The van der Waals surface area contributed by atoms with Gasteiger partial charge in [-0.15, -0.1) is 0 Å². The molecule has 0 aliphatic carbocycles. The molecule has 3 heteroatoms. The quantitative estimate of drug-likeness (QED) is 0.690. The Hall–Kier alpha value is -0.570. The van der Waals surface area contributed by atoms with Gasteiger partial charge in [-0.2, -0.15) is 0 Å². The summed E-state index contributed by atoms with van der Waals surface area (Å²) in [5.74, 6) is -0.495. The van der Waals surface area contributed by atoms with Crippen molar-refractivity contribution in [1.29, 1.82) is 0 Å². The first-order chi connectivity index (χ1) is 5.87. The van der Waals surface area contributed by atoms with Gasteiger partial charge in [0, 0.05) is 0 Å². The van der Waals surface area contributed by atoms with E-state index in [1.165, 1.54) is 0 Å². The van der Waals surface area contributed by atoms with Crippen LogP contribution in [0.2, 0.25) is 0 Å². The molecular weight excluding hydrogens is 166 g/mol. The number of rotatable bonds is 5. The zero-order valence-electron chi connectivity index (χ0n) is 9.00. The molecule has 0 aliphatic heterocycles. The summed E-state index contributed by atoms with van der Waals surface area (Å²) in [4.78, 5) is 10.9. The van der Waals surface area contributed by atoms with Crippen molar-refractivity contribution in [3.8, 4) is 0 Å². The van der Waals surface area contributed by atoms with Crippen molar-refractivity contribution >= 4 is 5.97 Å². The Balaban J connectivity index is 4.65. The number of hydrogen-bond donors (Lipinski definition) is 2. The molecular formula is C10H21NO2. The predicted octanol–water partition coefficient (Wildman–Crippen LogP) is 1.86. The summed E-state index contributed by atoms with van der Waals surface area (Å²) in [5, 5.41) is 8.96. The van der Waals surface area contributed by atoms with Crippen LogP contribution >= 0.6 is 0 Å². The second kappa shape index (κ2) is 4.61. The van der Waals surface area contributed by atoms with Gasteiger partial charge in [-0.25, -0.2) is 0 Å². The summed E-state index contributed by atoms with van der Waals surface area (Å²) in [5.41, 5.74) is 4.70. The minimum atomic E-state index is -1.09. The van der Waals surface area contributed by atoms with Gasteiger partial charge in [-0.1, -0.05) is 33.6 Å². The van der Waals surface area contributed by atoms with E-state index < -0.39 is 11.5 Å². The molecule has 3 atom stereocenters. The highest BCUT2D eigenvalue weighted by molar-refractivity contribution is 5.78. The molecule has 0 fully saturated rings. The zero-order chi connectivity index (χ0) is 10.6. The molecule has 0 spiro atoms. The van der Waals surface area contributed by atoms with Gasteiger partial charge >= 0.3 is 5.97 Å². The smallest absolute Gasteiger partial charge is 0.323 e. The maximum absolute atomic E-state index is 10.9. The van der Waals surface area contributed by atoms with Crippen LogP contribution in [-0.4, -0.2) is 16.6 Å². The summed E-state index contributed by atoms with van der Waals surface area (Å²) in [6.45, 7) is 7.72. The van der Waals surface area contributed by atoms with E-state index in [4.69, 9.17) is 10.8 Å². The topological polar surface area (TPSA) is 63.3 Å². The van der Waals surface area contributed by atoms with Gasteiger partial charge < -0.3 is 10.8 Å². The number of hydrogen-bond acceptors (Lipinski definition) is 2.